The Morgan fingerprint density at radius 3 is 2.44 bits per heavy atom. The maximum Gasteiger partial charge on any atom is 0.130 e. The number of likely N-dealkylation sites (tertiary alicyclic amines) is 2. The van der Waals surface area contributed by atoms with Crippen LogP contribution in [0.15, 0.2) is 55.3 Å². The van der Waals surface area contributed by atoms with Crippen molar-refractivity contribution in [1.29, 1.82) is 0 Å². The highest BCUT2D eigenvalue weighted by Crippen LogP contribution is 2.50. The molecule has 0 unspecified atom stereocenters. The number of benzene rings is 2. The first-order chi connectivity index (χ1) is 17.3. The Bertz CT molecular complexity index is 1130. The number of anilines is 1. The van der Waals surface area contributed by atoms with E-state index in [-0.39, 0.29) is 11.2 Å². The summed E-state index contributed by atoms with van der Waals surface area (Å²) in [5.41, 5.74) is 5.89. The average molecular weight is 509 g/mol. The van der Waals surface area contributed by atoms with E-state index in [1.165, 1.54) is 31.7 Å². The van der Waals surface area contributed by atoms with Crippen molar-refractivity contribution in [1.82, 2.24) is 15.1 Å². The molecule has 4 heterocycles. The van der Waals surface area contributed by atoms with Crippen LogP contribution in [0.25, 0.3) is 6.08 Å². The lowest BCUT2D eigenvalue weighted by Gasteiger charge is -2.55. The van der Waals surface area contributed by atoms with Gasteiger partial charge in [0.25, 0.3) is 0 Å². The number of aryl methyl sites for hydroxylation is 1. The molecule has 4 aliphatic heterocycles. The van der Waals surface area contributed by atoms with Gasteiger partial charge in [-0.3, -0.25) is 0 Å². The lowest BCUT2D eigenvalue weighted by molar-refractivity contribution is -0.0218. The van der Waals surface area contributed by atoms with Crippen molar-refractivity contribution in [2.75, 3.05) is 58.2 Å². The van der Waals surface area contributed by atoms with E-state index in [1.54, 1.807) is 12.1 Å². The highest BCUT2D eigenvalue weighted by Gasteiger charge is 2.46. The van der Waals surface area contributed by atoms with Gasteiger partial charge in [0.05, 0.1) is 0 Å². The summed E-state index contributed by atoms with van der Waals surface area (Å²) in [5, 5.41) is 7.55. The van der Waals surface area contributed by atoms with E-state index < -0.39 is 0 Å². The molecule has 0 saturated carbocycles. The number of halogens is 2. The summed E-state index contributed by atoms with van der Waals surface area (Å²) in [6.45, 7) is 16.2. The molecule has 2 spiro atoms. The molecule has 0 bridgehead atoms. The van der Waals surface area contributed by atoms with Crippen LogP contribution in [0.4, 0.5) is 10.1 Å². The molecule has 2 aromatic rings. The quantitative estimate of drug-likeness (QED) is 0.554. The summed E-state index contributed by atoms with van der Waals surface area (Å²) < 4.78 is 13.9. The Hall–Kier alpha value is -2.18. The molecule has 2 aromatic carbocycles. The first-order valence-electron chi connectivity index (χ1n) is 13.1. The number of nitrogens with one attached hydrogen (secondary N) is 2. The van der Waals surface area contributed by atoms with Crippen molar-refractivity contribution in [3.63, 3.8) is 0 Å². The van der Waals surface area contributed by atoms with Gasteiger partial charge in [-0.1, -0.05) is 43.0 Å². The molecule has 3 saturated heterocycles. The van der Waals surface area contributed by atoms with Gasteiger partial charge in [-0.05, 0) is 87.8 Å². The summed E-state index contributed by atoms with van der Waals surface area (Å²) in [6, 6.07) is 11.5. The fraction of sp³-hybridized carbons (Fsp3) is 0.467. The molecule has 36 heavy (non-hydrogen) atoms. The Morgan fingerprint density at radius 2 is 1.86 bits per heavy atom. The molecule has 2 N–H and O–H groups in total. The second-order valence-electron chi connectivity index (χ2n) is 11.2. The largest absolute Gasteiger partial charge is 0.358 e. The van der Waals surface area contributed by atoms with Crippen molar-refractivity contribution >= 4 is 23.4 Å². The van der Waals surface area contributed by atoms with E-state index in [0.717, 1.165) is 72.7 Å². The first-order valence-corrected chi connectivity index (χ1v) is 13.5. The predicted octanol–water partition coefficient (Wildman–Crippen LogP) is 5.55. The molecule has 3 fully saturated rings. The van der Waals surface area contributed by atoms with Crippen LogP contribution in [0.1, 0.15) is 36.0 Å². The highest BCUT2D eigenvalue weighted by atomic mass is 35.5. The number of nitrogens with zero attached hydrogens (tertiary/aromatic N) is 2. The summed E-state index contributed by atoms with van der Waals surface area (Å²) in [5.74, 6) is -0.183. The standard InChI is InChI=1S/C24H26ClFN2.C6H12N2/c1-3-19-7-6-18(15-22(19)26)5-4-12-28-13-10-24(11-14-28)17(2)27-23-9-8-20(25)16-21(23)24;1-8-4-6(5-8)2-7-3-6/h3,6-9,15-16,27H,1-2,4-5,10-14H2;7H,2-5H2,1H3. The Kier molecular flexibility index (Phi) is 7.28. The topological polar surface area (TPSA) is 30.5 Å². The number of fused-ring (bicyclic) bond motifs is 2. The molecule has 0 radical (unpaired) electrons. The van der Waals surface area contributed by atoms with Gasteiger partial charge in [0, 0.05) is 59.0 Å². The van der Waals surface area contributed by atoms with Gasteiger partial charge in [-0.25, -0.2) is 4.39 Å². The Labute approximate surface area is 220 Å². The fourth-order valence-electron chi connectivity index (χ4n) is 6.40. The molecule has 0 atom stereocenters. The number of allylic oxidation sites excluding steroid dienone is 1. The Morgan fingerprint density at radius 1 is 1.11 bits per heavy atom. The van der Waals surface area contributed by atoms with Gasteiger partial charge in [0.2, 0.25) is 0 Å². The monoisotopic (exact) mass is 508 g/mol. The van der Waals surface area contributed by atoms with Crippen LogP contribution in [-0.2, 0) is 11.8 Å². The van der Waals surface area contributed by atoms with Crippen LogP contribution >= 0.6 is 11.6 Å². The molecule has 0 aliphatic carbocycles. The zero-order chi connectivity index (χ0) is 25.3. The van der Waals surface area contributed by atoms with E-state index in [2.05, 4.69) is 52.8 Å². The normalized spacial score (nSPS) is 21.7. The molecule has 4 aliphatic rings. The maximum absolute atomic E-state index is 13.9. The van der Waals surface area contributed by atoms with Crippen LogP contribution in [0.3, 0.4) is 0 Å². The van der Waals surface area contributed by atoms with Gasteiger partial charge < -0.3 is 20.4 Å². The molecule has 4 nitrogen and oxygen atoms in total. The number of piperidine rings is 1. The molecular formula is C30H38ClFN4. The van der Waals surface area contributed by atoms with Crippen molar-refractivity contribution < 1.29 is 4.39 Å². The third kappa shape index (κ3) is 4.99. The first kappa shape index (κ1) is 25.5. The molecule has 6 rings (SSSR count). The van der Waals surface area contributed by atoms with Crippen LogP contribution in [-0.4, -0.2) is 62.7 Å². The van der Waals surface area contributed by atoms with E-state index >= 15 is 0 Å². The average Bonchev–Trinajstić information content (AvgIpc) is 3.08. The Balaban J connectivity index is 0.000000280. The van der Waals surface area contributed by atoms with Crippen molar-refractivity contribution in [3.05, 3.63) is 82.8 Å². The maximum atomic E-state index is 13.9. The van der Waals surface area contributed by atoms with E-state index in [0.29, 0.717) is 5.56 Å². The van der Waals surface area contributed by atoms with Crippen molar-refractivity contribution in [3.8, 4) is 0 Å². The van der Waals surface area contributed by atoms with Crippen LogP contribution < -0.4 is 10.6 Å². The predicted molar refractivity (Wildman–Crippen MR) is 149 cm³/mol. The lowest BCUT2D eigenvalue weighted by atomic mass is 9.72. The minimum absolute atomic E-state index is 0.000378. The molecule has 6 heteroatoms. The van der Waals surface area contributed by atoms with Crippen LogP contribution in [0.5, 0.6) is 0 Å². The van der Waals surface area contributed by atoms with Gasteiger partial charge in [-0.15, -0.1) is 0 Å². The minimum atomic E-state index is -0.183. The van der Waals surface area contributed by atoms with E-state index in [4.69, 9.17) is 11.6 Å². The molecule has 192 valence electrons. The third-order valence-electron chi connectivity index (χ3n) is 8.51. The molecule has 0 aromatic heterocycles. The van der Waals surface area contributed by atoms with Crippen molar-refractivity contribution in [2.24, 2.45) is 5.41 Å². The number of rotatable bonds is 5. The van der Waals surface area contributed by atoms with E-state index in [1.807, 2.05) is 18.2 Å². The number of hydrogen-bond acceptors (Lipinski definition) is 4. The zero-order valence-electron chi connectivity index (χ0n) is 21.4. The molecule has 0 amide bonds. The second-order valence-corrected chi connectivity index (χ2v) is 11.6. The molecular weight excluding hydrogens is 471 g/mol. The van der Waals surface area contributed by atoms with Crippen molar-refractivity contribution in [2.45, 2.75) is 31.1 Å². The zero-order valence-corrected chi connectivity index (χ0v) is 22.1. The fourth-order valence-corrected chi connectivity index (χ4v) is 6.57. The van der Waals surface area contributed by atoms with Gasteiger partial charge in [0.15, 0.2) is 0 Å². The summed E-state index contributed by atoms with van der Waals surface area (Å²) in [6.07, 6.45) is 5.58. The lowest BCUT2D eigenvalue weighted by Crippen LogP contribution is -2.69. The smallest absolute Gasteiger partial charge is 0.130 e. The SMILES string of the molecule is C=Cc1ccc(CCCN2CCC3(CC2)C(=C)Nc2ccc(Cl)cc23)cc1F.CN1CC2(CNC2)C1. The van der Waals surface area contributed by atoms with Gasteiger partial charge >= 0.3 is 0 Å². The summed E-state index contributed by atoms with van der Waals surface area (Å²) in [4.78, 5) is 4.89. The highest BCUT2D eigenvalue weighted by molar-refractivity contribution is 6.30. The summed E-state index contributed by atoms with van der Waals surface area (Å²) in [7, 11) is 2.18. The summed E-state index contributed by atoms with van der Waals surface area (Å²) >= 11 is 6.26. The number of hydrogen-bond donors (Lipinski definition) is 2. The second kappa shape index (κ2) is 10.3. The van der Waals surface area contributed by atoms with Crippen LogP contribution in [0, 0.1) is 11.2 Å². The van der Waals surface area contributed by atoms with Crippen LogP contribution in [0.2, 0.25) is 5.02 Å². The van der Waals surface area contributed by atoms with E-state index in [9.17, 15) is 4.39 Å². The van der Waals surface area contributed by atoms with Gasteiger partial charge in [0.1, 0.15) is 5.82 Å². The van der Waals surface area contributed by atoms with Gasteiger partial charge in [-0.2, -0.15) is 0 Å². The third-order valence-corrected chi connectivity index (χ3v) is 8.74. The minimum Gasteiger partial charge on any atom is -0.358 e.